The van der Waals surface area contributed by atoms with E-state index in [2.05, 4.69) is 12.1 Å². The molecule has 0 saturated carbocycles. The summed E-state index contributed by atoms with van der Waals surface area (Å²) in [6.07, 6.45) is -0.492. The molecule has 1 aromatic heterocycles. The first-order chi connectivity index (χ1) is 10.3. The van der Waals surface area contributed by atoms with Crippen LogP contribution >= 0.6 is 7.60 Å². The minimum atomic E-state index is -4.25. The summed E-state index contributed by atoms with van der Waals surface area (Å²) in [6.45, 7) is 2.99. The lowest BCUT2D eigenvalue weighted by molar-refractivity contribution is 0.370. The fourth-order valence-electron chi connectivity index (χ4n) is 2.67. The van der Waals surface area contributed by atoms with E-state index in [0.717, 1.165) is 32.9 Å². The van der Waals surface area contributed by atoms with Crippen LogP contribution in [0.5, 0.6) is 0 Å². The number of hydrogen-bond donors (Lipinski definition) is 2. The van der Waals surface area contributed by atoms with Gasteiger partial charge in [-0.15, -0.1) is 0 Å². The highest BCUT2D eigenvalue weighted by atomic mass is 31.2. The van der Waals surface area contributed by atoms with Crippen LogP contribution in [0.1, 0.15) is 12.5 Å². The molecule has 1 unspecified atom stereocenters. The second-order valence-corrected chi connectivity index (χ2v) is 7.14. The van der Waals surface area contributed by atoms with Crippen LogP contribution in [0.4, 0.5) is 0 Å². The molecular weight excluding hydrogens is 285 g/mol. The zero-order valence-electron chi connectivity index (χ0n) is 12.9. The molecule has 2 aromatic carbocycles. The van der Waals surface area contributed by atoms with Gasteiger partial charge in [0, 0.05) is 28.3 Å². The van der Waals surface area contributed by atoms with Gasteiger partial charge in [0.1, 0.15) is 0 Å². The van der Waals surface area contributed by atoms with Gasteiger partial charge in [-0.1, -0.05) is 23.3 Å². The zero-order chi connectivity index (χ0) is 16.1. The maximum absolute atomic E-state index is 11.3. The van der Waals surface area contributed by atoms with E-state index in [4.69, 9.17) is 1.37 Å². The van der Waals surface area contributed by atoms with Gasteiger partial charge in [0.25, 0.3) is 0 Å². The van der Waals surface area contributed by atoms with Crippen LogP contribution in [0.3, 0.4) is 0 Å². The van der Waals surface area contributed by atoms with Crippen molar-refractivity contribution in [3.63, 3.8) is 0 Å². The normalized spacial score (nSPS) is 14.6. The molecular formula is C16H18NO3P. The van der Waals surface area contributed by atoms with E-state index < -0.39 is 20.3 Å². The second kappa shape index (κ2) is 4.99. The summed E-state index contributed by atoms with van der Waals surface area (Å²) in [5.41, 5.74) is 3.90. The van der Waals surface area contributed by atoms with Crippen LogP contribution in [-0.4, -0.2) is 20.5 Å². The van der Waals surface area contributed by atoms with Crippen molar-refractivity contribution in [1.29, 1.82) is 0 Å². The molecule has 110 valence electrons. The minimum Gasteiger partial charge on any atom is -0.340 e. The van der Waals surface area contributed by atoms with Gasteiger partial charge in [-0.05, 0) is 38.1 Å². The van der Waals surface area contributed by atoms with Crippen molar-refractivity contribution in [2.45, 2.75) is 20.4 Å². The average Bonchev–Trinajstić information content (AvgIpc) is 2.70. The Morgan fingerprint density at radius 1 is 1.05 bits per heavy atom. The fraction of sp³-hybridized carbons (Fsp3) is 0.250. The van der Waals surface area contributed by atoms with Crippen molar-refractivity contribution >= 4 is 29.4 Å². The SMILES string of the molecule is [2H]C(CP(=O)(O)O)n1c2ccc(C)cc2c2cc(C)ccc21. The number of rotatable bonds is 3. The summed E-state index contributed by atoms with van der Waals surface area (Å²) < 4.78 is 21.2. The van der Waals surface area contributed by atoms with Crippen LogP contribution in [-0.2, 0) is 11.1 Å². The first-order valence-electron chi connectivity index (χ1n) is 7.32. The van der Waals surface area contributed by atoms with Gasteiger partial charge in [-0.3, -0.25) is 4.57 Å². The molecule has 2 N–H and O–H groups in total. The lowest BCUT2D eigenvalue weighted by Crippen LogP contribution is -2.02. The maximum atomic E-state index is 11.3. The number of aromatic nitrogens is 1. The number of fused-ring (bicyclic) bond motifs is 3. The van der Waals surface area contributed by atoms with E-state index in [9.17, 15) is 14.4 Å². The van der Waals surface area contributed by atoms with Crippen molar-refractivity contribution in [3.8, 4) is 0 Å². The molecule has 0 fully saturated rings. The highest BCUT2D eigenvalue weighted by molar-refractivity contribution is 7.51. The molecule has 0 bridgehead atoms. The minimum absolute atomic E-state index is 0.492. The number of nitrogens with zero attached hydrogens (tertiary/aromatic N) is 1. The van der Waals surface area contributed by atoms with Crippen molar-refractivity contribution in [1.82, 2.24) is 4.57 Å². The van der Waals surface area contributed by atoms with E-state index >= 15 is 0 Å². The van der Waals surface area contributed by atoms with Crippen LogP contribution < -0.4 is 0 Å². The van der Waals surface area contributed by atoms with Gasteiger partial charge in [0.15, 0.2) is 0 Å². The molecule has 1 atom stereocenters. The van der Waals surface area contributed by atoms with Gasteiger partial charge >= 0.3 is 7.60 Å². The Bertz CT molecular complexity index is 853. The van der Waals surface area contributed by atoms with Gasteiger partial charge in [-0.25, -0.2) is 0 Å². The molecule has 3 rings (SSSR count). The Balaban J connectivity index is 2.33. The lowest BCUT2D eigenvalue weighted by Gasteiger charge is -2.08. The van der Waals surface area contributed by atoms with E-state index in [-0.39, 0.29) is 0 Å². The monoisotopic (exact) mass is 304 g/mol. The standard InChI is InChI=1S/C16H18NO3P/c1-11-3-5-15-13(9-11)14-10-12(2)4-6-16(14)17(15)7-8-21(18,19)20/h3-6,9-10H,7-8H2,1-2H3,(H2,18,19,20)/i7D. The Morgan fingerprint density at radius 2 is 1.52 bits per heavy atom. The average molecular weight is 304 g/mol. The highest BCUT2D eigenvalue weighted by Crippen LogP contribution is 2.36. The fourth-order valence-corrected chi connectivity index (χ4v) is 3.04. The topological polar surface area (TPSA) is 62.5 Å². The first-order valence-corrected chi connectivity index (χ1v) is 8.54. The molecule has 0 radical (unpaired) electrons. The summed E-state index contributed by atoms with van der Waals surface area (Å²) in [5.74, 6) is 0. The smallest absolute Gasteiger partial charge is 0.327 e. The molecule has 0 spiro atoms. The zero-order valence-corrected chi connectivity index (χ0v) is 12.8. The third-order valence-electron chi connectivity index (χ3n) is 3.62. The third kappa shape index (κ3) is 2.75. The van der Waals surface area contributed by atoms with Crippen molar-refractivity contribution in [2.24, 2.45) is 0 Å². The molecule has 3 aromatic rings. The van der Waals surface area contributed by atoms with Gasteiger partial charge in [0.05, 0.1) is 7.53 Å². The largest absolute Gasteiger partial charge is 0.340 e. The Morgan fingerprint density at radius 3 is 1.95 bits per heavy atom. The van der Waals surface area contributed by atoms with Gasteiger partial charge in [0.2, 0.25) is 0 Å². The molecule has 21 heavy (non-hydrogen) atoms. The van der Waals surface area contributed by atoms with E-state index in [1.807, 2.05) is 38.1 Å². The summed E-state index contributed by atoms with van der Waals surface area (Å²) in [4.78, 5) is 18.4. The molecule has 0 saturated heterocycles. The Kier molecular flexibility index (Phi) is 3.11. The van der Waals surface area contributed by atoms with Crippen molar-refractivity contribution in [2.75, 3.05) is 6.16 Å². The van der Waals surface area contributed by atoms with Crippen LogP contribution in [0.25, 0.3) is 21.8 Å². The molecule has 0 aliphatic heterocycles. The maximum Gasteiger partial charge on any atom is 0.327 e. The molecule has 0 amide bonds. The second-order valence-electron chi connectivity index (χ2n) is 5.44. The number of aryl methyl sites for hydroxylation is 3. The predicted molar refractivity (Wildman–Crippen MR) is 85.8 cm³/mol. The van der Waals surface area contributed by atoms with Crippen LogP contribution in [0.2, 0.25) is 0 Å². The van der Waals surface area contributed by atoms with E-state index in [0.29, 0.717) is 0 Å². The molecule has 0 aliphatic carbocycles. The van der Waals surface area contributed by atoms with Crippen LogP contribution in [0.15, 0.2) is 36.4 Å². The van der Waals surface area contributed by atoms with E-state index in [1.54, 1.807) is 4.57 Å². The van der Waals surface area contributed by atoms with E-state index in [1.165, 1.54) is 0 Å². The number of benzene rings is 2. The number of hydrogen-bond acceptors (Lipinski definition) is 1. The highest BCUT2D eigenvalue weighted by Gasteiger charge is 2.16. The Hall–Kier alpha value is -1.61. The van der Waals surface area contributed by atoms with Crippen LogP contribution in [0, 0.1) is 13.8 Å². The van der Waals surface area contributed by atoms with Crippen molar-refractivity contribution < 1.29 is 15.7 Å². The molecule has 5 heteroatoms. The molecule has 1 heterocycles. The predicted octanol–water partition coefficient (Wildman–Crippen LogP) is 3.59. The Labute approximate surface area is 124 Å². The summed E-state index contributed by atoms with van der Waals surface area (Å²) in [6, 6.07) is 11.8. The van der Waals surface area contributed by atoms with Gasteiger partial charge < -0.3 is 14.4 Å². The van der Waals surface area contributed by atoms with Gasteiger partial charge in [-0.2, -0.15) is 0 Å². The summed E-state index contributed by atoms with van der Waals surface area (Å²) in [5, 5.41) is 2.03. The summed E-state index contributed by atoms with van der Waals surface area (Å²) in [7, 11) is -4.25. The summed E-state index contributed by atoms with van der Waals surface area (Å²) >= 11 is 0. The third-order valence-corrected chi connectivity index (χ3v) is 4.25. The lowest BCUT2D eigenvalue weighted by atomic mass is 10.1. The molecule has 0 aliphatic rings. The quantitative estimate of drug-likeness (QED) is 0.727. The first kappa shape index (κ1) is 13.1. The van der Waals surface area contributed by atoms with Crippen molar-refractivity contribution in [3.05, 3.63) is 47.5 Å². The molecule has 4 nitrogen and oxygen atoms in total.